The lowest BCUT2D eigenvalue weighted by atomic mass is 9.95. The van der Waals surface area contributed by atoms with E-state index in [1.165, 1.54) is 0 Å². The molecule has 88 valence electrons. The lowest BCUT2D eigenvalue weighted by Crippen LogP contribution is -2.37. The van der Waals surface area contributed by atoms with Crippen molar-refractivity contribution < 1.29 is 4.79 Å². The van der Waals surface area contributed by atoms with Crippen LogP contribution in [0.25, 0.3) is 0 Å². The van der Waals surface area contributed by atoms with Gasteiger partial charge in [-0.15, -0.1) is 0 Å². The van der Waals surface area contributed by atoms with Crippen LogP contribution in [0.15, 0.2) is 12.3 Å². The number of carbonyl (C=O) groups excluding carboxylic acids is 1. The summed E-state index contributed by atoms with van der Waals surface area (Å²) in [6.07, 6.45) is 1.61. The second-order valence-electron chi connectivity index (χ2n) is 4.85. The molecule has 0 aromatic carbocycles. The van der Waals surface area contributed by atoms with Gasteiger partial charge in [0, 0.05) is 25.7 Å². The van der Waals surface area contributed by atoms with Crippen molar-refractivity contribution >= 4 is 5.91 Å². The van der Waals surface area contributed by atoms with Crippen molar-refractivity contribution in [2.45, 2.75) is 26.2 Å². The molecule has 0 fully saturated rings. The largest absolute Gasteiger partial charge is 0.284 e. The quantitative estimate of drug-likeness (QED) is 0.758. The Morgan fingerprint density at radius 1 is 1.38 bits per heavy atom. The zero-order chi connectivity index (χ0) is 12.3. The Morgan fingerprint density at radius 3 is 2.50 bits per heavy atom. The van der Waals surface area contributed by atoms with E-state index in [9.17, 15) is 4.79 Å². The van der Waals surface area contributed by atoms with Crippen molar-refractivity contribution in [3.05, 3.63) is 23.8 Å². The highest BCUT2D eigenvalue weighted by Crippen LogP contribution is 2.17. The summed E-state index contributed by atoms with van der Waals surface area (Å²) < 4.78 is 0. The van der Waals surface area contributed by atoms with Crippen molar-refractivity contribution in [2.75, 3.05) is 14.1 Å². The number of rotatable bonds is 2. The molecule has 1 rings (SSSR count). The summed E-state index contributed by atoms with van der Waals surface area (Å²) >= 11 is 0. The molecule has 5 heteroatoms. The van der Waals surface area contributed by atoms with E-state index in [1.807, 2.05) is 20.8 Å². The maximum atomic E-state index is 11.7. The Kier molecular flexibility index (Phi) is 3.59. The smallest absolute Gasteiger partial charge is 0.284 e. The number of nitrogens with one attached hydrogen (secondary N) is 1. The molecule has 0 spiro atoms. The van der Waals surface area contributed by atoms with E-state index in [4.69, 9.17) is 0 Å². The topological polar surface area (TPSA) is 58.1 Å². The van der Waals surface area contributed by atoms with Gasteiger partial charge in [-0.3, -0.25) is 10.2 Å². The SMILES string of the molecule is CN(C)NC(=O)c1ccnc(C(C)(C)C)n1. The summed E-state index contributed by atoms with van der Waals surface area (Å²) in [5.74, 6) is 0.441. The molecule has 1 aromatic rings. The fourth-order valence-electron chi connectivity index (χ4n) is 1.11. The van der Waals surface area contributed by atoms with Crippen LogP contribution in [-0.4, -0.2) is 35.0 Å². The molecule has 0 radical (unpaired) electrons. The van der Waals surface area contributed by atoms with E-state index in [2.05, 4.69) is 15.4 Å². The molecule has 0 aliphatic heterocycles. The first-order valence-corrected chi connectivity index (χ1v) is 5.12. The van der Waals surface area contributed by atoms with Gasteiger partial charge in [0.15, 0.2) is 0 Å². The second kappa shape index (κ2) is 4.57. The Labute approximate surface area is 95.9 Å². The lowest BCUT2D eigenvalue weighted by molar-refractivity contribution is 0.0851. The van der Waals surface area contributed by atoms with Crippen LogP contribution in [-0.2, 0) is 5.41 Å². The minimum absolute atomic E-state index is 0.158. The van der Waals surface area contributed by atoms with E-state index in [0.29, 0.717) is 11.5 Å². The highest BCUT2D eigenvalue weighted by molar-refractivity contribution is 5.91. The standard InChI is InChI=1S/C11H18N4O/c1-11(2,3)10-12-7-6-8(13-10)9(16)14-15(4)5/h6-7H,1-5H3,(H,14,16). The lowest BCUT2D eigenvalue weighted by Gasteiger charge is -2.17. The summed E-state index contributed by atoms with van der Waals surface area (Å²) in [4.78, 5) is 20.1. The van der Waals surface area contributed by atoms with Gasteiger partial charge in [-0.25, -0.2) is 15.0 Å². The molecule has 1 N–H and O–H groups in total. The minimum Gasteiger partial charge on any atom is -0.284 e. The average Bonchev–Trinajstić information content (AvgIpc) is 2.15. The molecular weight excluding hydrogens is 204 g/mol. The van der Waals surface area contributed by atoms with Gasteiger partial charge >= 0.3 is 0 Å². The van der Waals surface area contributed by atoms with E-state index in [0.717, 1.165) is 0 Å². The van der Waals surface area contributed by atoms with Crippen LogP contribution in [0, 0.1) is 0 Å². The van der Waals surface area contributed by atoms with Crippen molar-refractivity contribution in [3.63, 3.8) is 0 Å². The van der Waals surface area contributed by atoms with Crippen molar-refractivity contribution in [3.8, 4) is 0 Å². The van der Waals surface area contributed by atoms with Crippen LogP contribution in [0.5, 0.6) is 0 Å². The van der Waals surface area contributed by atoms with Crippen LogP contribution in [0.1, 0.15) is 37.1 Å². The molecule has 0 aliphatic rings. The van der Waals surface area contributed by atoms with E-state index >= 15 is 0 Å². The number of nitrogens with zero attached hydrogens (tertiary/aromatic N) is 3. The number of hydrogen-bond acceptors (Lipinski definition) is 4. The molecule has 1 amide bonds. The summed E-state index contributed by atoms with van der Waals surface area (Å²) in [7, 11) is 3.51. The van der Waals surface area contributed by atoms with E-state index in [-0.39, 0.29) is 11.3 Å². The maximum absolute atomic E-state index is 11.7. The Morgan fingerprint density at radius 2 is 2.00 bits per heavy atom. The van der Waals surface area contributed by atoms with Gasteiger partial charge in [0.2, 0.25) is 0 Å². The van der Waals surface area contributed by atoms with Crippen LogP contribution in [0.4, 0.5) is 0 Å². The molecular formula is C11H18N4O. The third-order valence-electron chi connectivity index (χ3n) is 1.88. The fourth-order valence-corrected chi connectivity index (χ4v) is 1.11. The predicted molar refractivity (Wildman–Crippen MR) is 61.9 cm³/mol. The Balaban J connectivity index is 2.95. The number of hydrogen-bond donors (Lipinski definition) is 1. The first kappa shape index (κ1) is 12.6. The molecule has 0 aliphatic carbocycles. The van der Waals surface area contributed by atoms with Crippen molar-refractivity contribution in [2.24, 2.45) is 0 Å². The summed E-state index contributed by atoms with van der Waals surface area (Å²) in [5, 5.41) is 1.58. The van der Waals surface area contributed by atoms with Gasteiger partial charge in [-0.2, -0.15) is 0 Å². The monoisotopic (exact) mass is 222 g/mol. The molecule has 0 unspecified atom stereocenters. The second-order valence-corrected chi connectivity index (χ2v) is 4.85. The zero-order valence-electron chi connectivity index (χ0n) is 10.4. The average molecular weight is 222 g/mol. The van der Waals surface area contributed by atoms with Gasteiger partial charge in [-0.1, -0.05) is 20.8 Å². The van der Waals surface area contributed by atoms with Crippen LogP contribution >= 0.6 is 0 Å². The summed E-state index contributed by atoms with van der Waals surface area (Å²) in [6, 6.07) is 1.61. The van der Waals surface area contributed by atoms with Gasteiger partial charge in [0.25, 0.3) is 5.91 Å². The predicted octanol–water partition coefficient (Wildman–Crippen LogP) is 0.980. The molecule has 0 atom stereocenters. The van der Waals surface area contributed by atoms with Crippen LogP contribution in [0.2, 0.25) is 0 Å². The summed E-state index contributed by atoms with van der Waals surface area (Å²) in [6.45, 7) is 6.03. The van der Waals surface area contributed by atoms with Gasteiger partial charge in [-0.05, 0) is 6.07 Å². The van der Waals surface area contributed by atoms with E-state index < -0.39 is 0 Å². The molecule has 0 saturated heterocycles. The zero-order valence-corrected chi connectivity index (χ0v) is 10.4. The Hall–Kier alpha value is -1.49. The first-order chi connectivity index (χ1) is 7.30. The molecule has 1 aromatic heterocycles. The van der Waals surface area contributed by atoms with E-state index in [1.54, 1.807) is 31.4 Å². The Bertz CT molecular complexity index is 382. The molecule has 0 saturated carbocycles. The molecule has 0 bridgehead atoms. The van der Waals surface area contributed by atoms with Crippen molar-refractivity contribution in [1.82, 2.24) is 20.4 Å². The van der Waals surface area contributed by atoms with Crippen LogP contribution in [0.3, 0.4) is 0 Å². The third-order valence-corrected chi connectivity index (χ3v) is 1.88. The maximum Gasteiger partial charge on any atom is 0.284 e. The number of aromatic nitrogens is 2. The number of amides is 1. The highest BCUT2D eigenvalue weighted by atomic mass is 16.2. The molecule has 1 heterocycles. The number of carbonyl (C=O) groups is 1. The van der Waals surface area contributed by atoms with Crippen LogP contribution < -0.4 is 5.43 Å². The van der Waals surface area contributed by atoms with Gasteiger partial charge < -0.3 is 0 Å². The first-order valence-electron chi connectivity index (χ1n) is 5.12. The number of hydrazine groups is 1. The highest BCUT2D eigenvalue weighted by Gasteiger charge is 2.19. The summed E-state index contributed by atoms with van der Waals surface area (Å²) in [5.41, 5.74) is 2.87. The van der Waals surface area contributed by atoms with Gasteiger partial charge in [0.05, 0.1) is 0 Å². The minimum atomic E-state index is -0.224. The van der Waals surface area contributed by atoms with Gasteiger partial charge in [0.1, 0.15) is 11.5 Å². The molecule has 16 heavy (non-hydrogen) atoms. The fraction of sp³-hybridized carbons (Fsp3) is 0.545. The molecule has 5 nitrogen and oxygen atoms in total. The third kappa shape index (κ3) is 3.27. The van der Waals surface area contributed by atoms with Crippen molar-refractivity contribution in [1.29, 1.82) is 0 Å². The normalized spacial score (nSPS) is 11.6.